The number of rotatable bonds is 2. The highest BCUT2D eigenvalue weighted by Gasteiger charge is 2.21. The van der Waals surface area contributed by atoms with Gasteiger partial charge < -0.3 is 9.72 Å². The average molecular weight is 331 g/mol. The summed E-state index contributed by atoms with van der Waals surface area (Å²) >= 11 is 1.28. The molecule has 1 saturated carbocycles. The van der Waals surface area contributed by atoms with Crippen molar-refractivity contribution in [3.63, 3.8) is 0 Å². The van der Waals surface area contributed by atoms with Crippen molar-refractivity contribution in [2.75, 3.05) is 7.11 Å². The van der Waals surface area contributed by atoms with Crippen molar-refractivity contribution in [2.24, 2.45) is 0 Å². The van der Waals surface area contributed by atoms with Crippen LogP contribution < -0.4 is 15.9 Å². The van der Waals surface area contributed by atoms with E-state index in [1.165, 1.54) is 30.9 Å². The fourth-order valence-corrected chi connectivity index (χ4v) is 4.52. The maximum atomic E-state index is 12.9. The van der Waals surface area contributed by atoms with Gasteiger partial charge in [0.05, 0.1) is 18.8 Å². The molecular weight excluding hydrogens is 314 g/mol. The first-order valence-electron chi connectivity index (χ1n) is 7.79. The van der Waals surface area contributed by atoms with Crippen molar-refractivity contribution in [1.82, 2.24) is 14.5 Å². The Morgan fingerprint density at radius 3 is 2.83 bits per heavy atom. The summed E-state index contributed by atoms with van der Waals surface area (Å²) in [7, 11) is 1.51. The number of H-pyrrole nitrogens is 1. The monoisotopic (exact) mass is 331 g/mol. The Labute approximate surface area is 135 Å². The molecule has 23 heavy (non-hydrogen) atoms. The molecule has 0 amide bonds. The van der Waals surface area contributed by atoms with E-state index in [4.69, 9.17) is 4.74 Å². The van der Waals surface area contributed by atoms with Crippen LogP contribution in [0.4, 0.5) is 0 Å². The molecule has 1 fully saturated rings. The summed E-state index contributed by atoms with van der Waals surface area (Å²) in [5.41, 5.74) is 0.342. The largest absolute Gasteiger partial charge is 0.496 e. The third kappa shape index (κ3) is 2.26. The Morgan fingerprint density at radius 1 is 1.30 bits per heavy atom. The molecule has 0 aromatic carbocycles. The summed E-state index contributed by atoms with van der Waals surface area (Å²) in [6.45, 7) is 0. The lowest BCUT2D eigenvalue weighted by Crippen LogP contribution is -2.26. The van der Waals surface area contributed by atoms with Crippen LogP contribution in [-0.4, -0.2) is 21.6 Å². The van der Waals surface area contributed by atoms with Gasteiger partial charge in [0, 0.05) is 12.1 Å². The van der Waals surface area contributed by atoms with E-state index < -0.39 is 0 Å². The number of hydrogen-bond acceptors (Lipinski definition) is 5. The summed E-state index contributed by atoms with van der Waals surface area (Å²) in [5, 5.41) is 0.708. The maximum absolute atomic E-state index is 12.9. The van der Waals surface area contributed by atoms with Crippen LogP contribution in [0.2, 0.25) is 0 Å². The molecule has 6 nitrogen and oxygen atoms in total. The lowest BCUT2D eigenvalue weighted by atomic mass is 9.95. The van der Waals surface area contributed by atoms with E-state index >= 15 is 0 Å². The van der Waals surface area contributed by atoms with Crippen LogP contribution in [0.3, 0.4) is 0 Å². The van der Waals surface area contributed by atoms with Crippen LogP contribution in [0.15, 0.2) is 22.0 Å². The molecular formula is C16H17N3O3S. The fourth-order valence-electron chi connectivity index (χ4n) is 3.42. The van der Waals surface area contributed by atoms with Crippen molar-refractivity contribution in [2.45, 2.75) is 38.1 Å². The number of thiophene rings is 1. The minimum absolute atomic E-state index is 0.0222. The molecule has 120 valence electrons. The summed E-state index contributed by atoms with van der Waals surface area (Å²) in [6, 6.07) is 1.63. The van der Waals surface area contributed by atoms with E-state index in [0.29, 0.717) is 26.2 Å². The minimum Gasteiger partial charge on any atom is -0.496 e. The van der Waals surface area contributed by atoms with Gasteiger partial charge in [0.2, 0.25) is 0 Å². The van der Waals surface area contributed by atoms with Gasteiger partial charge in [-0.05, 0) is 12.8 Å². The molecule has 0 bridgehead atoms. The predicted molar refractivity (Wildman–Crippen MR) is 90.7 cm³/mol. The topological polar surface area (TPSA) is 77.0 Å². The molecule has 0 spiro atoms. The number of hydrogen-bond donors (Lipinski definition) is 1. The number of ether oxygens (including phenoxy) is 1. The van der Waals surface area contributed by atoms with Crippen molar-refractivity contribution in [3.8, 4) is 5.75 Å². The molecule has 0 saturated heterocycles. The Morgan fingerprint density at radius 2 is 2.09 bits per heavy atom. The first-order chi connectivity index (χ1) is 11.2. The molecule has 0 radical (unpaired) electrons. The summed E-state index contributed by atoms with van der Waals surface area (Å²) < 4.78 is 7.64. The zero-order chi connectivity index (χ0) is 16.0. The van der Waals surface area contributed by atoms with Gasteiger partial charge in [0.15, 0.2) is 0 Å². The summed E-state index contributed by atoms with van der Waals surface area (Å²) in [5.74, 6) is 0.456. The average Bonchev–Trinajstić information content (AvgIpc) is 2.94. The molecule has 0 atom stereocenters. The number of pyridine rings is 1. The van der Waals surface area contributed by atoms with E-state index in [2.05, 4.69) is 9.97 Å². The number of nitrogens with one attached hydrogen (secondary N) is 1. The van der Waals surface area contributed by atoms with Crippen LogP contribution in [0.25, 0.3) is 20.4 Å². The molecule has 7 heteroatoms. The second kappa shape index (κ2) is 5.49. The van der Waals surface area contributed by atoms with Crippen LogP contribution in [-0.2, 0) is 0 Å². The van der Waals surface area contributed by atoms with Gasteiger partial charge in [0.25, 0.3) is 11.1 Å². The molecule has 1 N–H and O–H groups in total. The van der Waals surface area contributed by atoms with Gasteiger partial charge in [0.1, 0.15) is 20.8 Å². The highest BCUT2D eigenvalue weighted by Crippen LogP contribution is 2.35. The molecule has 3 heterocycles. The second-order valence-corrected chi connectivity index (χ2v) is 6.96. The van der Waals surface area contributed by atoms with E-state index in [1.807, 2.05) is 0 Å². The molecule has 4 rings (SSSR count). The SMILES string of the molecule is COc1cc(=O)[nH]c2sc3c(=O)n(C4CCCCC4)cnc3c12. The lowest BCUT2D eigenvalue weighted by Gasteiger charge is -2.23. The van der Waals surface area contributed by atoms with Crippen molar-refractivity contribution in [3.05, 3.63) is 33.1 Å². The zero-order valence-electron chi connectivity index (χ0n) is 12.8. The smallest absolute Gasteiger partial charge is 0.271 e. The normalized spacial score (nSPS) is 16.2. The third-order valence-corrected chi connectivity index (χ3v) is 5.64. The standard InChI is InChI=1S/C16H17N3O3S/c1-22-10-7-11(20)18-15-12(10)13-14(23-15)16(21)19(8-17-13)9-5-3-2-4-6-9/h7-9H,2-6H2,1H3,(H,18,20). The molecule has 1 aliphatic rings. The van der Waals surface area contributed by atoms with Crippen LogP contribution in [0.5, 0.6) is 5.75 Å². The number of nitrogens with zero attached hydrogens (tertiary/aromatic N) is 2. The Kier molecular flexibility index (Phi) is 3.45. The Bertz CT molecular complexity index is 995. The minimum atomic E-state index is -0.242. The van der Waals surface area contributed by atoms with E-state index in [-0.39, 0.29) is 17.2 Å². The van der Waals surface area contributed by atoms with E-state index in [0.717, 1.165) is 25.7 Å². The summed E-state index contributed by atoms with van der Waals surface area (Å²) in [6.07, 6.45) is 7.25. The van der Waals surface area contributed by atoms with Crippen molar-refractivity contribution < 1.29 is 4.74 Å². The molecule has 1 aliphatic carbocycles. The zero-order valence-corrected chi connectivity index (χ0v) is 13.6. The number of methoxy groups -OCH3 is 1. The highest BCUT2D eigenvalue weighted by molar-refractivity contribution is 7.25. The molecule has 0 unspecified atom stereocenters. The highest BCUT2D eigenvalue weighted by atomic mass is 32.1. The van der Waals surface area contributed by atoms with E-state index in [9.17, 15) is 9.59 Å². The fraction of sp³-hybridized carbons (Fsp3) is 0.438. The van der Waals surface area contributed by atoms with Gasteiger partial charge in [-0.1, -0.05) is 19.3 Å². The number of fused-ring (bicyclic) bond motifs is 3. The molecule has 0 aliphatic heterocycles. The Hall–Kier alpha value is -2.15. The van der Waals surface area contributed by atoms with E-state index in [1.54, 1.807) is 10.9 Å². The molecule has 3 aromatic rings. The number of aromatic amines is 1. The van der Waals surface area contributed by atoms with Crippen LogP contribution >= 0.6 is 11.3 Å². The van der Waals surface area contributed by atoms with Crippen LogP contribution in [0, 0.1) is 0 Å². The van der Waals surface area contributed by atoms with Gasteiger partial charge in [-0.2, -0.15) is 0 Å². The lowest BCUT2D eigenvalue weighted by molar-refractivity contribution is 0.345. The summed E-state index contributed by atoms with van der Waals surface area (Å²) in [4.78, 5) is 32.5. The Balaban J connectivity index is 1.99. The number of aromatic nitrogens is 3. The first kappa shape index (κ1) is 14.4. The van der Waals surface area contributed by atoms with Crippen molar-refractivity contribution >= 4 is 31.8 Å². The maximum Gasteiger partial charge on any atom is 0.271 e. The molecule has 3 aromatic heterocycles. The van der Waals surface area contributed by atoms with Crippen LogP contribution in [0.1, 0.15) is 38.1 Å². The third-order valence-electron chi connectivity index (χ3n) is 4.56. The van der Waals surface area contributed by atoms with Crippen molar-refractivity contribution in [1.29, 1.82) is 0 Å². The van der Waals surface area contributed by atoms with Gasteiger partial charge in [-0.15, -0.1) is 11.3 Å². The van der Waals surface area contributed by atoms with Gasteiger partial charge in [-0.25, -0.2) is 4.98 Å². The second-order valence-electron chi connectivity index (χ2n) is 5.93. The quantitative estimate of drug-likeness (QED) is 0.783. The first-order valence-corrected chi connectivity index (χ1v) is 8.61. The van der Waals surface area contributed by atoms with Gasteiger partial charge >= 0.3 is 0 Å². The van der Waals surface area contributed by atoms with Gasteiger partial charge in [-0.3, -0.25) is 14.2 Å². The predicted octanol–water partition coefficient (Wildman–Crippen LogP) is 2.81.